The third-order valence-corrected chi connectivity index (χ3v) is 3.06. The summed E-state index contributed by atoms with van der Waals surface area (Å²) in [4.78, 5) is 0. The minimum Gasteiger partial charge on any atom is -0.508 e. The van der Waals surface area contributed by atoms with E-state index in [2.05, 4.69) is 5.32 Å². The molecule has 0 spiro atoms. The van der Waals surface area contributed by atoms with E-state index in [1.54, 1.807) is 18.2 Å². The highest BCUT2D eigenvalue weighted by Crippen LogP contribution is 2.31. The molecule has 1 atom stereocenters. The minimum absolute atomic E-state index is 0.301. The van der Waals surface area contributed by atoms with Crippen LogP contribution in [0.2, 0.25) is 5.02 Å². The van der Waals surface area contributed by atoms with Crippen molar-refractivity contribution in [2.45, 2.75) is 18.8 Å². The normalized spacial score (nSPS) is 22.2. The van der Waals surface area contributed by atoms with Gasteiger partial charge in [0.05, 0.1) is 0 Å². The quantitative estimate of drug-likeness (QED) is 0.748. The first-order chi connectivity index (χ1) is 6.77. The molecule has 0 amide bonds. The van der Waals surface area contributed by atoms with Crippen LogP contribution in [0.1, 0.15) is 24.3 Å². The number of hydrogen-bond donors (Lipinski definition) is 2. The molecule has 0 aliphatic carbocycles. The molecule has 1 heterocycles. The molecule has 2 rings (SSSR count). The van der Waals surface area contributed by atoms with Crippen molar-refractivity contribution in [3.63, 3.8) is 0 Å². The highest BCUT2D eigenvalue weighted by atomic mass is 35.5. The smallest absolute Gasteiger partial charge is 0.115 e. The molecular weight excluding hydrogens is 198 g/mol. The Morgan fingerprint density at radius 3 is 3.00 bits per heavy atom. The minimum atomic E-state index is 0.301. The number of phenolic OH excluding ortho intramolecular Hbond substituents is 1. The van der Waals surface area contributed by atoms with Crippen LogP contribution in [-0.2, 0) is 0 Å². The Kier molecular flexibility index (Phi) is 2.94. The van der Waals surface area contributed by atoms with Crippen LogP contribution in [0.5, 0.6) is 5.75 Å². The van der Waals surface area contributed by atoms with Crippen molar-refractivity contribution in [2.24, 2.45) is 0 Å². The third-order valence-electron chi connectivity index (χ3n) is 2.72. The number of aromatic hydroxyl groups is 1. The van der Waals surface area contributed by atoms with Crippen molar-refractivity contribution in [1.29, 1.82) is 0 Å². The lowest BCUT2D eigenvalue weighted by atomic mass is 9.91. The van der Waals surface area contributed by atoms with E-state index >= 15 is 0 Å². The molecule has 1 fully saturated rings. The summed E-state index contributed by atoms with van der Waals surface area (Å²) in [6.07, 6.45) is 2.33. The van der Waals surface area contributed by atoms with Gasteiger partial charge >= 0.3 is 0 Å². The van der Waals surface area contributed by atoms with E-state index in [0.717, 1.165) is 30.1 Å². The van der Waals surface area contributed by atoms with E-state index in [1.165, 1.54) is 6.42 Å². The van der Waals surface area contributed by atoms with Gasteiger partial charge in [-0.1, -0.05) is 11.6 Å². The van der Waals surface area contributed by atoms with Gasteiger partial charge in [-0.3, -0.25) is 0 Å². The van der Waals surface area contributed by atoms with Gasteiger partial charge in [-0.15, -0.1) is 0 Å². The van der Waals surface area contributed by atoms with Crippen LogP contribution in [0, 0.1) is 0 Å². The third kappa shape index (κ3) is 2.02. The second kappa shape index (κ2) is 4.20. The second-order valence-electron chi connectivity index (χ2n) is 3.75. The van der Waals surface area contributed by atoms with E-state index in [-0.39, 0.29) is 0 Å². The van der Waals surface area contributed by atoms with Crippen molar-refractivity contribution in [3.05, 3.63) is 28.8 Å². The molecule has 1 unspecified atom stereocenters. The fraction of sp³-hybridized carbons (Fsp3) is 0.455. The summed E-state index contributed by atoms with van der Waals surface area (Å²) in [7, 11) is 0. The molecule has 76 valence electrons. The fourth-order valence-corrected chi connectivity index (χ4v) is 2.23. The summed E-state index contributed by atoms with van der Waals surface area (Å²) in [5.41, 5.74) is 1.07. The fourth-order valence-electron chi connectivity index (χ4n) is 1.96. The van der Waals surface area contributed by atoms with E-state index in [0.29, 0.717) is 11.7 Å². The van der Waals surface area contributed by atoms with Gasteiger partial charge in [0.25, 0.3) is 0 Å². The van der Waals surface area contributed by atoms with E-state index in [1.807, 2.05) is 0 Å². The zero-order chi connectivity index (χ0) is 9.97. The molecule has 0 radical (unpaired) electrons. The molecule has 0 saturated carbocycles. The number of piperidine rings is 1. The molecule has 1 aliphatic heterocycles. The van der Waals surface area contributed by atoms with Gasteiger partial charge in [0.1, 0.15) is 5.75 Å². The van der Waals surface area contributed by atoms with E-state index in [9.17, 15) is 5.11 Å². The zero-order valence-electron chi connectivity index (χ0n) is 7.96. The van der Waals surface area contributed by atoms with Crippen LogP contribution in [0.4, 0.5) is 0 Å². The Hall–Kier alpha value is -0.730. The summed E-state index contributed by atoms with van der Waals surface area (Å²) in [5.74, 6) is 0.748. The molecule has 2 nitrogen and oxygen atoms in total. The van der Waals surface area contributed by atoms with Crippen LogP contribution in [0.3, 0.4) is 0 Å². The lowest BCUT2D eigenvalue weighted by Crippen LogP contribution is -2.28. The van der Waals surface area contributed by atoms with Gasteiger partial charge in [-0.05, 0) is 49.1 Å². The predicted molar refractivity (Wildman–Crippen MR) is 58.0 cm³/mol. The maximum absolute atomic E-state index is 9.39. The van der Waals surface area contributed by atoms with Crippen LogP contribution in [-0.4, -0.2) is 18.2 Å². The SMILES string of the molecule is Oc1ccc(Cl)c(C2CCCNC2)c1. The molecule has 0 aromatic heterocycles. The molecule has 1 saturated heterocycles. The first kappa shape index (κ1) is 9.81. The van der Waals surface area contributed by atoms with E-state index < -0.39 is 0 Å². The predicted octanol–water partition coefficient (Wildman–Crippen LogP) is 2.51. The molecule has 1 aromatic rings. The summed E-state index contributed by atoms with van der Waals surface area (Å²) in [5, 5.41) is 13.5. The van der Waals surface area contributed by atoms with Crippen molar-refractivity contribution in [2.75, 3.05) is 13.1 Å². The Morgan fingerprint density at radius 1 is 1.43 bits per heavy atom. The monoisotopic (exact) mass is 211 g/mol. The van der Waals surface area contributed by atoms with E-state index in [4.69, 9.17) is 11.6 Å². The summed E-state index contributed by atoms with van der Waals surface area (Å²) in [6, 6.07) is 5.17. The molecule has 1 aliphatic rings. The van der Waals surface area contributed by atoms with Crippen molar-refractivity contribution in [3.8, 4) is 5.75 Å². The highest BCUT2D eigenvalue weighted by Gasteiger charge is 2.17. The number of nitrogens with one attached hydrogen (secondary N) is 1. The van der Waals surface area contributed by atoms with Gasteiger partial charge in [-0.25, -0.2) is 0 Å². The van der Waals surface area contributed by atoms with Gasteiger partial charge in [0.15, 0.2) is 0 Å². The maximum Gasteiger partial charge on any atom is 0.115 e. The molecule has 1 aromatic carbocycles. The molecule has 0 bridgehead atoms. The average molecular weight is 212 g/mol. The van der Waals surface area contributed by atoms with Crippen LogP contribution in [0.15, 0.2) is 18.2 Å². The molecule has 2 N–H and O–H groups in total. The number of halogens is 1. The highest BCUT2D eigenvalue weighted by molar-refractivity contribution is 6.31. The number of hydrogen-bond acceptors (Lipinski definition) is 2. The first-order valence-electron chi connectivity index (χ1n) is 4.96. The summed E-state index contributed by atoms with van der Waals surface area (Å²) >= 11 is 6.09. The number of phenols is 1. The molecule has 3 heteroatoms. The Balaban J connectivity index is 2.24. The Morgan fingerprint density at radius 2 is 2.29 bits per heavy atom. The van der Waals surface area contributed by atoms with Crippen molar-refractivity contribution >= 4 is 11.6 Å². The van der Waals surface area contributed by atoms with Gasteiger partial charge < -0.3 is 10.4 Å². The average Bonchev–Trinajstić information content (AvgIpc) is 2.23. The Labute approximate surface area is 88.9 Å². The van der Waals surface area contributed by atoms with Gasteiger partial charge in [-0.2, -0.15) is 0 Å². The summed E-state index contributed by atoms with van der Waals surface area (Å²) < 4.78 is 0. The standard InChI is InChI=1S/C11H14ClNO/c12-11-4-3-9(14)6-10(11)8-2-1-5-13-7-8/h3-4,6,8,13-14H,1-2,5,7H2. The zero-order valence-corrected chi connectivity index (χ0v) is 8.72. The van der Waals surface area contributed by atoms with Crippen LogP contribution < -0.4 is 5.32 Å². The Bertz CT molecular complexity index is 321. The second-order valence-corrected chi connectivity index (χ2v) is 4.16. The lowest BCUT2D eigenvalue weighted by Gasteiger charge is -2.23. The number of benzene rings is 1. The first-order valence-corrected chi connectivity index (χ1v) is 5.34. The van der Waals surface area contributed by atoms with Gasteiger partial charge in [0.2, 0.25) is 0 Å². The van der Waals surface area contributed by atoms with Crippen molar-refractivity contribution in [1.82, 2.24) is 5.32 Å². The molecular formula is C11H14ClNO. The number of rotatable bonds is 1. The van der Waals surface area contributed by atoms with Crippen molar-refractivity contribution < 1.29 is 5.11 Å². The topological polar surface area (TPSA) is 32.3 Å². The maximum atomic E-state index is 9.39. The van der Waals surface area contributed by atoms with Crippen LogP contribution in [0.25, 0.3) is 0 Å². The molecule has 14 heavy (non-hydrogen) atoms. The van der Waals surface area contributed by atoms with Gasteiger partial charge in [0, 0.05) is 11.6 Å². The lowest BCUT2D eigenvalue weighted by molar-refractivity contribution is 0.453. The summed E-state index contributed by atoms with van der Waals surface area (Å²) in [6.45, 7) is 2.05. The van der Waals surface area contributed by atoms with Crippen LogP contribution >= 0.6 is 11.6 Å². The largest absolute Gasteiger partial charge is 0.508 e.